The van der Waals surface area contributed by atoms with Gasteiger partial charge in [0.2, 0.25) is 0 Å². The van der Waals surface area contributed by atoms with Gasteiger partial charge in [-0.3, -0.25) is 4.79 Å². The van der Waals surface area contributed by atoms with Crippen LogP contribution in [0.1, 0.15) is 29.8 Å². The van der Waals surface area contributed by atoms with E-state index in [1.807, 2.05) is 17.5 Å². The lowest BCUT2D eigenvalue weighted by Gasteiger charge is -2.27. The SMILES string of the molecule is Cl.O=C(c1csc(-c2ccc(Br)s2)n1)N1C2CCNCC1CC2. The Bertz CT molecular complexity index is 690. The van der Waals surface area contributed by atoms with Gasteiger partial charge >= 0.3 is 0 Å². The quantitative estimate of drug-likeness (QED) is 0.776. The highest BCUT2D eigenvalue weighted by Crippen LogP contribution is 2.34. The summed E-state index contributed by atoms with van der Waals surface area (Å²) in [6.07, 6.45) is 3.29. The molecule has 0 aromatic carbocycles. The second-order valence-electron chi connectivity index (χ2n) is 5.73. The van der Waals surface area contributed by atoms with Crippen LogP contribution in [-0.2, 0) is 0 Å². The monoisotopic (exact) mass is 433 g/mol. The standard InChI is InChI=1S/C15H16BrN3OS2.ClH/c16-13-4-3-12(22-13)14-18-11(8-21-14)15(20)19-9-1-2-10(19)7-17-6-5-9;/h3-4,8-10,17H,1-2,5-7H2;1H. The summed E-state index contributed by atoms with van der Waals surface area (Å²) in [5.41, 5.74) is 0.600. The number of rotatable bonds is 2. The molecule has 2 saturated heterocycles. The molecular weight excluding hydrogens is 418 g/mol. The van der Waals surface area contributed by atoms with Gasteiger partial charge in [-0.25, -0.2) is 4.98 Å². The first-order valence-corrected chi connectivity index (χ1v) is 9.96. The number of amides is 1. The Hall–Kier alpha value is -0.470. The predicted molar refractivity (Wildman–Crippen MR) is 101 cm³/mol. The molecule has 0 spiro atoms. The third-order valence-electron chi connectivity index (χ3n) is 4.40. The lowest BCUT2D eigenvalue weighted by molar-refractivity contribution is 0.0675. The Morgan fingerprint density at radius 1 is 1.30 bits per heavy atom. The van der Waals surface area contributed by atoms with Gasteiger partial charge in [-0.1, -0.05) is 0 Å². The maximum absolute atomic E-state index is 12.9. The third-order valence-corrected chi connectivity index (χ3v) is 7.03. The minimum atomic E-state index is 0. The fraction of sp³-hybridized carbons (Fsp3) is 0.467. The van der Waals surface area contributed by atoms with Crippen molar-refractivity contribution in [3.63, 3.8) is 0 Å². The van der Waals surface area contributed by atoms with Gasteiger partial charge in [-0.05, 0) is 53.9 Å². The molecule has 2 atom stereocenters. The van der Waals surface area contributed by atoms with Crippen molar-refractivity contribution in [3.05, 3.63) is 27.0 Å². The van der Waals surface area contributed by atoms with Crippen LogP contribution in [0.15, 0.2) is 21.3 Å². The normalized spacial score (nSPS) is 23.4. The van der Waals surface area contributed by atoms with Crippen molar-refractivity contribution in [2.24, 2.45) is 0 Å². The van der Waals surface area contributed by atoms with Gasteiger partial charge in [0, 0.05) is 24.0 Å². The van der Waals surface area contributed by atoms with E-state index in [9.17, 15) is 4.79 Å². The van der Waals surface area contributed by atoms with E-state index in [1.165, 1.54) is 0 Å². The van der Waals surface area contributed by atoms with Gasteiger partial charge in [0.05, 0.1) is 8.66 Å². The molecule has 2 bridgehead atoms. The molecule has 8 heteroatoms. The van der Waals surface area contributed by atoms with Crippen molar-refractivity contribution in [1.82, 2.24) is 15.2 Å². The van der Waals surface area contributed by atoms with E-state index in [-0.39, 0.29) is 18.3 Å². The van der Waals surface area contributed by atoms with Gasteiger partial charge in [-0.2, -0.15) is 0 Å². The average Bonchev–Trinajstić information content (AvgIpc) is 3.16. The topological polar surface area (TPSA) is 45.2 Å². The summed E-state index contributed by atoms with van der Waals surface area (Å²) < 4.78 is 1.09. The maximum Gasteiger partial charge on any atom is 0.273 e. The van der Waals surface area contributed by atoms with Crippen molar-refractivity contribution in [2.75, 3.05) is 13.1 Å². The molecule has 0 aliphatic carbocycles. The highest BCUT2D eigenvalue weighted by Gasteiger charge is 2.39. The highest BCUT2D eigenvalue weighted by molar-refractivity contribution is 9.11. The predicted octanol–water partition coefficient (Wildman–Crippen LogP) is 4.02. The van der Waals surface area contributed by atoms with Gasteiger partial charge < -0.3 is 10.2 Å². The van der Waals surface area contributed by atoms with Crippen LogP contribution in [0.25, 0.3) is 9.88 Å². The largest absolute Gasteiger partial charge is 0.330 e. The highest BCUT2D eigenvalue weighted by atomic mass is 79.9. The van der Waals surface area contributed by atoms with Crippen molar-refractivity contribution in [3.8, 4) is 9.88 Å². The molecule has 1 N–H and O–H groups in total. The van der Waals surface area contributed by atoms with Crippen LogP contribution in [0, 0.1) is 0 Å². The van der Waals surface area contributed by atoms with Crippen molar-refractivity contribution < 1.29 is 4.79 Å². The molecule has 2 unspecified atom stereocenters. The molecule has 124 valence electrons. The van der Waals surface area contributed by atoms with Gasteiger partial charge in [0.25, 0.3) is 5.91 Å². The number of carbonyl (C=O) groups is 1. The van der Waals surface area contributed by atoms with Crippen LogP contribution in [0.5, 0.6) is 0 Å². The number of thiophene rings is 1. The number of hydrogen-bond donors (Lipinski definition) is 1. The number of hydrogen-bond acceptors (Lipinski definition) is 5. The van der Waals surface area contributed by atoms with Gasteiger partial charge in [0.1, 0.15) is 10.7 Å². The Kier molecular flexibility index (Phi) is 5.42. The van der Waals surface area contributed by atoms with Crippen molar-refractivity contribution in [2.45, 2.75) is 31.3 Å². The van der Waals surface area contributed by atoms with Crippen LogP contribution >= 0.6 is 51.0 Å². The summed E-state index contributed by atoms with van der Waals surface area (Å²) in [7, 11) is 0. The summed E-state index contributed by atoms with van der Waals surface area (Å²) in [4.78, 5) is 20.7. The zero-order chi connectivity index (χ0) is 15.1. The van der Waals surface area contributed by atoms with Gasteiger partial charge in [0.15, 0.2) is 0 Å². The molecule has 2 aliphatic heterocycles. The van der Waals surface area contributed by atoms with Gasteiger partial charge in [-0.15, -0.1) is 35.1 Å². The first-order valence-electron chi connectivity index (χ1n) is 7.47. The average molecular weight is 435 g/mol. The molecular formula is C15H17BrClN3OS2. The number of nitrogens with zero attached hydrogens (tertiary/aromatic N) is 2. The molecule has 4 heterocycles. The summed E-state index contributed by atoms with van der Waals surface area (Å²) in [6, 6.07) is 4.78. The summed E-state index contributed by atoms with van der Waals surface area (Å²) >= 11 is 6.67. The lowest BCUT2D eigenvalue weighted by atomic mass is 10.1. The molecule has 0 saturated carbocycles. The van der Waals surface area contributed by atoms with E-state index in [0.717, 1.165) is 46.0 Å². The Morgan fingerprint density at radius 2 is 2.13 bits per heavy atom. The van der Waals surface area contributed by atoms with E-state index >= 15 is 0 Å². The fourth-order valence-corrected chi connectivity index (χ4v) is 5.61. The third kappa shape index (κ3) is 3.35. The van der Waals surface area contributed by atoms with Crippen LogP contribution < -0.4 is 5.32 Å². The van der Waals surface area contributed by atoms with E-state index in [0.29, 0.717) is 17.8 Å². The summed E-state index contributed by atoms with van der Waals surface area (Å²) in [6.45, 7) is 1.92. The van der Waals surface area contributed by atoms with Crippen molar-refractivity contribution >= 4 is 56.9 Å². The number of aromatic nitrogens is 1. The van der Waals surface area contributed by atoms with Crippen molar-refractivity contribution in [1.29, 1.82) is 0 Å². The van der Waals surface area contributed by atoms with E-state index in [1.54, 1.807) is 22.7 Å². The second-order valence-corrected chi connectivity index (χ2v) is 9.05. The molecule has 2 aliphatic rings. The van der Waals surface area contributed by atoms with Crippen LogP contribution in [0.2, 0.25) is 0 Å². The molecule has 2 aromatic rings. The van der Waals surface area contributed by atoms with Crippen LogP contribution in [0.3, 0.4) is 0 Å². The zero-order valence-corrected chi connectivity index (χ0v) is 16.4. The summed E-state index contributed by atoms with van der Waals surface area (Å²) in [5.74, 6) is 0.106. The molecule has 2 aromatic heterocycles. The Morgan fingerprint density at radius 3 is 2.91 bits per heavy atom. The lowest BCUT2D eigenvalue weighted by Crippen LogP contribution is -2.42. The molecule has 4 rings (SSSR count). The number of thiazole rings is 1. The van der Waals surface area contributed by atoms with Crippen LogP contribution in [0.4, 0.5) is 0 Å². The minimum absolute atomic E-state index is 0. The zero-order valence-electron chi connectivity index (χ0n) is 12.3. The summed E-state index contributed by atoms with van der Waals surface area (Å²) in [5, 5.41) is 6.27. The Labute approximate surface area is 157 Å². The van der Waals surface area contributed by atoms with E-state index in [4.69, 9.17) is 0 Å². The molecule has 23 heavy (non-hydrogen) atoms. The number of nitrogens with one attached hydrogen (secondary N) is 1. The minimum Gasteiger partial charge on any atom is -0.330 e. The molecule has 0 radical (unpaired) electrons. The number of fused-ring (bicyclic) bond motifs is 2. The fourth-order valence-electron chi connectivity index (χ4n) is 3.36. The number of carbonyl (C=O) groups excluding carboxylic acids is 1. The maximum atomic E-state index is 12.9. The smallest absolute Gasteiger partial charge is 0.273 e. The van der Waals surface area contributed by atoms with E-state index in [2.05, 4.69) is 31.1 Å². The first kappa shape index (κ1) is 17.4. The van der Waals surface area contributed by atoms with E-state index < -0.39 is 0 Å². The first-order chi connectivity index (χ1) is 10.7. The second kappa shape index (κ2) is 7.19. The Balaban J connectivity index is 0.00000156. The van der Waals surface area contributed by atoms with Crippen LogP contribution in [-0.4, -0.2) is 41.0 Å². The molecule has 2 fully saturated rings. The molecule has 1 amide bonds. The molecule has 4 nitrogen and oxygen atoms in total. The number of halogens is 2.